The number of benzene rings is 3. The summed E-state index contributed by atoms with van der Waals surface area (Å²) in [5, 5.41) is 12.3. The van der Waals surface area contributed by atoms with Crippen molar-refractivity contribution in [1.29, 1.82) is 5.26 Å². The fourth-order valence-electron chi connectivity index (χ4n) is 3.43. The molecule has 3 aromatic rings. The third-order valence-corrected chi connectivity index (χ3v) is 6.34. The number of esters is 1. The van der Waals surface area contributed by atoms with Crippen LogP contribution in [0.25, 0.3) is 6.08 Å². The summed E-state index contributed by atoms with van der Waals surface area (Å²) in [5.41, 5.74) is 4.81. The van der Waals surface area contributed by atoms with E-state index in [1.807, 2.05) is 18.2 Å². The molecule has 0 spiro atoms. The number of halogens is 1. The minimum atomic E-state index is -0.574. The number of nitrogens with one attached hydrogen (secondary N) is 1. The summed E-state index contributed by atoms with van der Waals surface area (Å²) in [4.78, 5) is 24.5. The minimum Gasteiger partial charge on any atom is -0.493 e. The predicted octanol–water partition coefficient (Wildman–Crippen LogP) is 6.22. The van der Waals surface area contributed by atoms with Gasteiger partial charge in [0.15, 0.2) is 11.5 Å². The predicted molar refractivity (Wildman–Crippen MR) is 151 cm³/mol. The molecule has 1 amide bonds. The molecule has 8 heteroatoms. The molecule has 3 rings (SSSR count). The van der Waals surface area contributed by atoms with Crippen LogP contribution in [0.2, 0.25) is 0 Å². The zero-order chi connectivity index (χ0) is 26.9. The third-order valence-electron chi connectivity index (χ3n) is 5.54. The van der Waals surface area contributed by atoms with Crippen molar-refractivity contribution >= 4 is 46.2 Å². The molecule has 0 atom stereocenters. The van der Waals surface area contributed by atoms with Gasteiger partial charge in [-0.15, -0.1) is 0 Å². The van der Waals surface area contributed by atoms with Crippen molar-refractivity contribution in [2.75, 3.05) is 19.0 Å². The van der Waals surface area contributed by atoms with E-state index in [-0.39, 0.29) is 12.2 Å². The summed E-state index contributed by atoms with van der Waals surface area (Å²) in [5.74, 6) is 0.0655. The summed E-state index contributed by atoms with van der Waals surface area (Å²) in [7, 11) is 1.54. The van der Waals surface area contributed by atoms with Crippen LogP contribution in [0.4, 0.5) is 5.69 Å². The Kier molecular flexibility index (Phi) is 9.69. The fourth-order valence-corrected chi connectivity index (χ4v) is 4.21. The lowest BCUT2D eigenvalue weighted by molar-refractivity contribution is -0.112. The molecular weight excluding hydrogens is 583 g/mol. The number of carbonyl (C=O) groups excluding carboxylic acids is 2. The maximum Gasteiger partial charge on any atom is 0.338 e. The quantitative estimate of drug-likeness (QED) is 0.134. The maximum atomic E-state index is 12.7. The SMILES string of the molecule is CCOC(=O)c1ccc(NC(=O)/C(C#N)=C/c2cc(I)c(OCc3ccc(C)c(C)c3)c(OC)c2)cc1. The molecule has 0 saturated heterocycles. The van der Waals surface area contributed by atoms with E-state index in [1.54, 1.807) is 44.4 Å². The molecule has 1 N–H and O–H groups in total. The van der Waals surface area contributed by atoms with Crippen LogP contribution in [0.15, 0.2) is 60.2 Å². The van der Waals surface area contributed by atoms with E-state index < -0.39 is 11.9 Å². The first-order valence-corrected chi connectivity index (χ1v) is 12.6. The molecule has 0 bridgehead atoms. The van der Waals surface area contributed by atoms with Crippen LogP contribution in [-0.2, 0) is 16.1 Å². The van der Waals surface area contributed by atoms with E-state index in [4.69, 9.17) is 14.2 Å². The summed E-state index contributed by atoms with van der Waals surface area (Å²) in [6.07, 6.45) is 1.49. The Hall–Kier alpha value is -3.84. The van der Waals surface area contributed by atoms with E-state index in [2.05, 4.69) is 53.9 Å². The largest absolute Gasteiger partial charge is 0.493 e. The number of anilines is 1. The summed E-state index contributed by atoms with van der Waals surface area (Å²) in [6, 6.07) is 17.9. The maximum absolute atomic E-state index is 12.7. The summed E-state index contributed by atoms with van der Waals surface area (Å²) < 4.78 is 17.3. The molecule has 3 aromatic carbocycles. The monoisotopic (exact) mass is 610 g/mol. The second kappa shape index (κ2) is 12.9. The van der Waals surface area contributed by atoms with Crippen LogP contribution < -0.4 is 14.8 Å². The number of carbonyl (C=O) groups is 2. The van der Waals surface area contributed by atoms with Gasteiger partial charge >= 0.3 is 5.97 Å². The lowest BCUT2D eigenvalue weighted by Crippen LogP contribution is -2.13. The molecular formula is C29H27IN2O5. The highest BCUT2D eigenvalue weighted by Crippen LogP contribution is 2.35. The van der Waals surface area contributed by atoms with Gasteiger partial charge < -0.3 is 19.5 Å². The number of hydrogen-bond donors (Lipinski definition) is 1. The van der Waals surface area contributed by atoms with E-state index in [9.17, 15) is 14.9 Å². The molecule has 0 unspecified atom stereocenters. The number of amides is 1. The van der Waals surface area contributed by atoms with Gasteiger partial charge in [0.25, 0.3) is 5.91 Å². The fraction of sp³-hybridized carbons (Fsp3) is 0.207. The summed E-state index contributed by atoms with van der Waals surface area (Å²) in [6.45, 7) is 6.51. The molecule has 0 saturated carbocycles. The van der Waals surface area contributed by atoms with Crippen molar-refractivity contribution in [3.8, 4) is 17.6 Å². The van der Waals surface area contributed by atoms with Gasteiger partial charge in [0.1, 0.15) is 18.2 Å². The topological polar surface area (TPSA) is 97.7 Å². The third kappa shape index (κ3) is 7.33. The second-order valence-corrected chi connectivity index (χ2v) is 9.33. The molecule has 0 radical (unpaired) electrons. The van der Waals surface area contributed by atoms with Crippen LogP contribution >= 0.6 is 22.6 Å². The Labute approximate surface area is 230 Å². The van der Waals surface area contributed by atoms with Crippen LogP contribution in [0.1, 0.15) is 39.5 Å². The first-order chi connectivity index (χ1) is 17.7. The van der Waals surface area contributed by atoms with Gasteiger partial charge in [-0.25, -0.2) is 4.79 Å². The average molecular weight is 610 g/mol. The Morgan fingerprint density at radius 2 is 1.78 bits per heavy atom. The van der Waals surface area contributed by atoms with Crippen LogP contribution in [0.3, 0.4) is 0 Å². The van der Waals surface area contributed by atoms with Crippen LogP contribution in [-0.4, -0.2) is 25.6 Å². The van der Waals surface area contributed by atoms with Gasteiger partial charge in [-0.05, 0) is 108 Å². The molecule has 0 aliphatic carbocycles. The summed E-state index contributed by atoms with van der Waals surface area (Å²) >= 11 is 2.14. The van der Waals surface area contributed by atoms with Crippen molar-refractivity contribution in [2.45, 2.75) is 27.4 Å². The number of hydrogen-bond acceptors (Lipinski definition) is 6. The molecule has 0 aliphatic rings. The number of nitriles is 1. The molecule has 0 aromatic heterocycles. The number of nitrogens with zero attached hydrogens (tertiary/aromatic N) is 1. The van der Waals surface area contributed by atoms with Crippen LogP contribution in [0, 0.1) is 28.7 Å². The number of aryl methyl sites for hydroxylation is 2. The highest BCUT2D eigenvalue weighted by molar-refractivity contribution is 14.1. The Morgan fingerprint density at radius 1 is 1.05 bits per heavy atom. The van der Waals surface area contributed by atoms with E-state index in [0.717, 1.165) is 9.13 Å². The van der Waals surface area contributed by atoms with Gasteiger partial charge in [0, 0.05) is 5.69 Å². The highest BCUT2D eigenvalue weighted by Gasteiger charge is 2.15. The number of methoxy groups -OCH3 is 1. The lowest BCUT2D eigenvalue weighted by atomic mass is 10.1. The van der Waals surface area contributed by atoms with E-state index in [0.29, 0.717) is 34.9 Å². The van der Waals surface area contributed by atoms with Crippen molar-refractivity contribution in [3.05, 3.63) is 91.6 Å². The lowest BCUT2D eigenvalue weighted by Gasteiger charge is -2.14. The zero-order valence-electron chi connectivity index (χ0n) is 21.1. The Morgan fingerprint density at radius 3 is 2.41 bits per heavy atom. The molecule has 0 heterocycles. The van der Waals surface area contributed by atoms with Crippen molar-refractivity contribution in [1.82, 2.24) is 0 Å². The Bertz CT molecular complexity index is 1370. The van der Waals surface area contributed by atoms with Gasteiger partial charge in [0.05, 0.1) is 22.9 Å². The van der Waals surface area contributed by atoms with Crippen molar-refractivity contribution in [3.63, 3.8) is 0 Å². The number of ether oxygens (including phenoxy) is 3. The normalized spacial score (nSPS) is 10.9. The molecule has 0 aliphatic heterocycles. The van der Waals surface area contributed by atoms with E-state index >= 15 is 0 Å². The minimum absolute atomic E-state index is 0.0869. The van der Waals surface area contributed by atoms with Crippen LogP contribution in [0.5, 0.6) is 11.5 Å². The number of rotatable bonds is 9. The smallest absolute Gasteiger partial charge is 0.338 e. The Balaban J connectivity index is 1.76. The van der Waals surface area contributed by atoms with E-state index in [1.165, 1.54) is 17.2 Å². The van der Waals surface area contributed by atoms with Gasteiger partial charge in [-0.2, -0.15) is 5.26 Å². The molecule has 7 nitrogen and oxygen atoms in total. The first-order valence-electron chi connectivity index (χ1n) is 11.5. The average Bonchev–Trinajstić information content (AvgIpc) is 2.88. The second-order valence-electron chi connectivity index (χ2n) is 8.16. The van der Waals surface area contributed by atoms with Gasteiger partial charge in [0.2, 0.25) is 0 Å². The van der Waals surface area contributed by atoms with Crippen molar-refractivity contribution < 1.29 is 23.8 Å². The first kappa shape index (κ1) is 27.7. The highest BCUT2D eigenvalue weighted by atomic mass is 127. The molecule has 190 valence electrons. The standard InChI is InChI=1S/C29H27IN2O5/c1-5-36-29(34)22-8-10-24(11-9-22)32-28(33)23(16-31)13-21-14-25(30)27(26(15-21)35-4)37-17-20-7-6-18(2)19(3)12-20/h6-15H,5,17H2,1-4H3,(H,32,33)/b23-13+. The van der Waals surface area contributed by atoms with Gasteiger partial charge in [-0.1, -0.05) is 18.2 Å². The van der Waals surface area contributed by atoms with Gasteiger partial charge in [-0.3, -0.25) is 4.79 Å². The molecule has 0 fully saturated rings. The molecule has 37 heavy (non-hydrogen) atoms. The van der Waals surface area contributed by atoms with Crippen molar-refractivity contribution in [2.24, 2.45) is 0 Å². The zero-order valence-corrected chi connectivity index (χ0v) is 23.2.